The van der Waals surface area contributed by atoms with Crippen LogP contribution >= 0.6 is 28.1 Å². The van der Waals surface area contributed by atoms with Gasteiger partial charge in [-0.2, -0.15) is 0 Å². The predicted octanol–water partition coefficient (Wildman–Crippen LogP) is 2.67. The van der Waals surface area contributed by atoms with Crippen molar-refractivity contribution < 1.29 is 0 Å². The molecule has 2 N–H and O–H groups in total. The van der Waals surface area contributed by atoms with Crippen molar-refractivity contribution in [3.63, 3.8) is 0 Å². The monoisotopic (exact) mass is 243 g/mol. The maximum absolute atomic E-state index is 5.40. The van der Waals surface area contributed by atoms with E-state index < -0.39 is 0 Å². The second-order valence-electron chi connectivity index (χ2n) is 2.60. The molecule has 0 aliphatic rings. The first-order chi connectivity index (χ1) is 5.68. The third kappa shape index (κ3) is 3.32. The van der Waals surface area contributed by atoms with Gasteiger partial charge < -0.3 is 5.73 Å². The fraction of sp³-hybridized carbons (Fsp3) is 0.222. The SMILES string of the molecule is NC(=S)CCc1cccc(Br)c1. The summed E-state index contributed by atoms with van der Waals surface area (Å²) >= 11 is 8.20. The molecule has 0 aromatic heterocycles. The largest absolute Gasteiger partial charge is 0.393 e. The average molecular weight is 244 g/mol. The molecule has 0 heterocycles. The molecule has 0 unspecified atom stereocenters. The molecule has 3 heteroatoms. The lowest BCUT2D eigenvalue weighted by Gasteiger charge is -1.99. The van der Waals surface area contributed by atoms with Gasteiger partial charge in [-0.1, -0.05) is 40.3 Å². The predicted molar refractivity (Wildman–Crippen MR) is 59.2 cm³/mol. The molecule has 12 heavy (non-hydrogen) atoms. The van der Waals surface area contributed by atoms with Crippen LogP contribution in [-0.4, -0.2) is 4.99 Å². The van der Waals surface area contributed by atoms with Crippen LogP contribution < -0.4 is 5.73 Å². The van der Waals surface area contributed by atoms with Crippen LogP contribution in [0, 0.1) is 0 Å². The lowest BCUT2D eigenvalue weighted by molar-refractivity contribution is 1.04. The average Bonchev–Trinajstić information content (AvgIpc) is 2.01. The minimum absolute atomic E-state index is 0.579. The Kier molecular flexibility index (Phi) is 3.69. The van der Waals surface area contributed by atoms with Crippen LogP contribution in [0.5, 0.6) is 0 Å². The molecule has 0 bridgehead atoms. The Morgan fingerprint density at radius 1 is 1.50 bits per heavy atom. The first-order valence-electron chi connectivity index (χ1n) is 3.71. The Hall–Kier alpha value is -0.410. The highest BCUT2D eigenvalue weighted by molar-refractivity contribution is 9.10. The zero-order valence-corrected chi connectivity index (χ0v) is 8.99. The lowest BCUT2D eigenvalue weighted by atomic mass is 10.1. The van der Waals surface area contributed by atoms with Crippen molar-refractivity contribution in [3.8, 4) is 0 Å². The summed E-state index contributed by atoms with van der Waals surface area (Å²) in [5.74, 6) is 0. The van der Waals surface area contributed by atoms with Crippen molar-refractivity contribution in [1.29, 1.82) is 0 Å². The van der Waals surface area contributed by atoms with Crippen LogP contribution in [-0.2, 0) is 6.42 Å². The van der Waals surface area contributed by atoms with E-state index in [1.165, 1.54) is 5.56 Å². The number of thiocarbonyl (C=S) groups is 1. The number of rotatable bonds is 3. The highest BCUT2D eigenvalue weighted by Gasteiger charge is 1.94. The summed E-state index contributed by atoms with van der Waals surface area (Å²) in [6.45, 7) is 0. The van der Waals surface area contributed by atoms with E-state index in [4.69, 9.17) is 18.0 Å². The fourth-order valence-corrected chi connectivity index (χ4v) is 1.51. The van der Waals surface area contributed by atoms with E-state index >= 15 is 0 Å². The summed E-state index contributed by atoms with van der Waals surface area (Å²) in [4.78, 5) is 0.579. The highest BCUT2D eigenvalue weighted by atomic mass is 79.9. The van der Waals surface area contributed by atoms with Crippen LogP contribution in [0.25, 0.3) is 0 Å². The second-order valence-corrected chi connectivity index (χ2v) is 4.04. The van der Waals surface area contributed by atoms with Crippen LogP contribution in [0.3, 0.4) is 0 Å². The van der Waals surface area contributed by atoms with Gasteiger partial charge in [-0.3, -0.25) is 0 Å². The molecule has 0 spiro atoms. The number of benzene rings is 1. The Labute approximate surface area is 86.1 Å². The van der Waals surface area contributed by atoms with Crippen LogP contribution in [0.2, 0.25) is 0 Å². The lowest BCUT2D eigenvalue weighted by Crippen LogP contribution is -2.08. The minimum atomic E-state index is 0.579. The van der Waals surface area contributed by atoms with Gasteiger partial charge in [-0.15, -0.1) is 0 Å². The smallest absolute Gasteiger partial charge is 0.0730 e. The van der Waals surface area contributed by atoms with Crippen LogP contribution in [0.4, 0.5) is 0 Å². The number of halogens is 1. The highest BCUT2D eigenvalue weighted by Crippen LogP contribution is 2.12. The molecule has 1 aromatic carbocycles. The van der Waals surface area contributed by atoms with Gasteiger partial charge in [-0.25, -0.2) is 0 Å². The van der Waals surface area contributed by atoms with Gasteiger partial charge in [0.2, 0.25) is 0 Å². The van der Waals surface area contributed by atoms with Crippen LogP contribution in [0.15, 0.2) is 28.7 Å². The summed E-state index contributed by atoms with van der Waals surface area (Å²) in [5, 5.41) is 0. The van der Waals surface area contributed by atoms with E-state index in [0.717, 1.165) is 17.3 Å². The summed E-state index contributed by atoms with van der Waals surface area (Å²) in [6.07, 6.45) is 1.71. The van der Waals surface area contributed by atoms with Gasteiger partial charge in [0, 0.05) is 10.9 Å². The first kappa shape index (κ1) is 9.68. The number of hydrogen-bond acceptors (Lipinski definition) is 1. The molecule has 1 aromatic rings. The van der Waals surface area contributed by atoms with E-state index in [1.807, 2.05) is 12.1 Å². The van der Waals surface area contributed by atoms with E-state index in [1.54, 1.807) is 0 Å². The Morgan fingerprint density at radius 2 is 2.25 bits per heavy atom. The Balaban J connectivity index is 2.57. The molecule has 0 aliphatic carbocycles. The van der Waals surface area contributed by atoms with Crippen molar-refractivity contribution in [2.45, 2.75) is 12.8 Å². The van der Waals surface area contributed by atoms with E-state index in [2.05, 4.69) is 28.1 Å². The molecule has 0 radical (unpaired) electrons. The first-order valence-corrected chi connectivity index (χ1v) is 4.91. The van der Waals surface area contributed by atoms with E-state index in [0.29, 0.717) is 4.99 Å². The zero-order valence-electron chi connectivity index (χ0n) is 6.59. The summed E-state index contributed by atoms with van der Waals surface area (Å²) in [7, 11) is 0. The van der Waals surface area contributed by atoms with Gasteiger partial charge in [0.05, 0.1) is 4.99 Å². The second kappa shape index (κ2) is 4.58. The van der Waals surface area contributed by atoms with Crippen molar-refractivity contribution in [2.24, 2.45) is 5.73 Å². The van der Waals surface area contributed by atoms with Gasteiger partial charge in [0.25, 0.3) is 0 Å². The summed E-state index contributed by atoms with van der Waals surface area (Å²) < 4.78 is 1.10. The fourth-order valence-electron chi connectivity index (χ4n) is 0.960. The zero-order chi connectivity index (χ0) is 8.97. The number of hydrogen-bond donors (Lipinski definition) is 1. The molecule has 0 saturated heterocycles. The standard InChI is InChI=1S/C9H10BrNS/c10-8-3-1-2-7(6-8)4-5-9(11)12/h1-3,6H,4-5H2,(H2,11,12). The van der Waals surface area contributed by atoms with Gasteiger partial charge >= 0.3 is 0 Å². The van der Waals surface area contributed by atoms with Crippen molar-refractivity contribution in [3.05, 3.63) is 34.3 Å². The van der Waals surface area contributed by atoms with Crippen molar-refractivity contribution in [1.82, 2.24) is 0 Å². The van der Waals surface area contributed by atoms with Gasteiger partial charge in [-0.05, 0) is 24.1 Å². The van der Waals surface area contributed by atoms with E-state index in [9.17, 15) is 0 Å². The molecular weight excluding hydrogens is 234 g/mol. The minimum Gasteiger partial charge on any atom is -0.393 e. The normalized spacial score (nSPS) is 9.75. The molecule has 0 amide bonds. The molecule has 1 nitrogen and oxygen atoms in total. The van der Waals surface area contributed by atoms with Gasteiger partial charge in [0.15, 0.2) is 0 Å². The van der Waals surface area contributed by atoms with Crippen molar-refractivity contribution >= 4 is 33.1 Å². The van der Waals surface area contributed by atoms with Crippen LogP contribution in [0.1, 0.15) is 12.0 Å². The Morgan fingerprint density at radius 3 is 2.83 bits per heavy atom. The number of aryl methyl sites for hydroxylation is 1. The molecule has 1 rings (SSSR count). The molecule has 0 aliphatic heterocycles. The quantitative estimate of drug-likeness (QED) is 0.827. The maximum Gasteiger partial charge on any atom is 0.0730 e. The third-order valence-corrected chi connectivity index (χ3v) is 2.25. The van der Waals surface area contributed by atoms with E-state index in [-0.39, 0.29) is 0 Å². The molecule has 0 atom stereocenters. The van der Waals surface area contributed by atoms with Gasteiger partial charge in [0.1, 0.15) is 0 Å². The molecule has 64 valence electrons. The molecule has 0 saturated carbocycles. The summed E-state index contributed by atoms with van der Waals surface area (Å²) in [6, 6.07) is 8.17. The topological polar surface area (TPSA) is 26.0 Å². The molecular formula is C9H10BrNS. The molecule has 0 fully saturated rings. The van der Waals surface area contributed by atoms with Crippen molar-refractivity contribution in [2.75, 3.05) is 0 Å². The summed E-state index contributed by atoms with van der Waals surface area (Å²) in [5.41, 5.74) is 6.66. The third-order valence-electron chi connectivity index (χ3n) is 1.55. The maximum atomic E-state index is 5.40. The number of nitrogens with two attached hydrogens (primary N) is 1. The Bertz CT molecular complexity index is 286.